The number of nitrogens with one attached hydrogen (secondary N) is 1. The summed E-state index contributed by atoms with van der Waals surface area (Å²) in [4.78, 5) is 20.4. The molecule has 0 saturated carbocycles. The number of rotatable bonds is 5. The average Bonchev–Trinajstić information content (AvgIpc) is 2.59. The number of hydrogen-bond donors (Lipinski definition) is 1. The molecule has 0 amide bonds. The molecule has 6 nitrogen and oxygen atoms in total. The lowest BCUT2D eigenvalue weighted by molar-refractivity contribution is 0.0523. The van der Waals surface area contributed by atoms with Crippen molar-refractivity contribution in [1.82, 2.24) is 9.97 Å². The minimum atomic E-state index is -0.496. The molecule has 1 N–H and O–H groups in total. The molecule has 0 bridgehead atoms. The lowest BCUT2D eigenvalue weighted by Gasteiger charge is -2.10. The van der Waals surface area contributed by atoms with E-state index in [2.05, 4.69) is 27.1 Å². The van der Waals surface area contributed by atoms with E-state index in [1.165, 1.54) is 13.2 Å². The highest BCUT2D eigenvalue weighted by molar-refractivity contribution is 5.91. The van der Waals surface area contributed by atoms with Gasteiger partial charge in [0.2, 0.25) is 5.95 Å². The zero-order chi connectivity index (χ0) is 19.1. The molecule has 1 aromatic carbocycles. The summed E-state index contributed by atoms with van der Waals surface area (Å²) in [6.45, 7) is 5.67. The van der Waals surface area contributed by atoms with Gasteiger partial charge in [0.25, 0.3) is 0 Å². The van der Waals surface area contributed by atoms with E-state index in [0.29, 0.717) is 22.9 Å². The summed E-state index contributed by atoms with van der Waals surface area (Å²) >= 11 is 0. The maximum Gasteiger partial charge on any atom is 0.341 e. The molecule has 7 heteroatoms. The predicted octanol–water partition coefficient (Wildman–Crippen LogP) is 2.88. The van der Waals surface area contributed by atoms with Gasteiger partial charge in [-0.1, -0.05) is 17.9 Å². The summed E-state index contributed by atoms with van der Waals surface area (Å²) < 4.78 is 23.9. The number of benzene rings is 1. The molecule has 0 unspecified atom stereocenters. The van der Waals surface area contributed by atoms with Gasteiger partial charge in [-0.15, -0.1) is 0 Å². The maximum absolute atomic E-state index is 14.0. The summed E-state index contributed by atoms with van der Waals surface area (Å²) in [5.41, 5.74) is 1.65. The summed E-state index contributed by atoms with van der Waals surface area (Å²) in [5, 5.41) is 2.94. The van der Waals surface area contributed by atoms with Gasteiger partial charge < -0.3 is 14.8 Å². The minimum absolute atomic E-state index is 0.147. The molecule has 0 spiro atoms. The Morgan fingerprint density at radius 2 is 1.96 bits per heavy atom. The number of esters is 1. The van der Waals surface area contributed by atoms with Crippen LogP contribution in [0.1, 0.15) is 34.2 Å². The zero-order valence-electron chi connectivity index (χ0n) is 15.1. The highest BCUT2D eigenvalue weighted by Crippen LogP contribution is 2.19. The second-order valence-electron chi connectivity index (χ2n) is 5.29. The van der Waals surface area contributed by atoms with Gasteiger partial charge >= 0.3 is 5.97 Å². The van der Waals surface area contributed by atoms with Crippen LogP contribution in [0.25, 0.3) is 0 Å². The van der Waals surface area contributed by atoms with E-state index < -0.39 is 11.8 Å². The summed E-state index contributed by atoms with van der Waals surface area (Å²) in [7, 11) is 1.40. The van der Waals surface area contributed by atoms with E-state index in [9.17, 15) is 9.18 Å². The fourth-order valence-electron chi connectivity index (χ4n) is 2.32. The van der Waals surface area contributed by atoms with Crippen molar-refractivity contribution >= 4 is 11.9 Å². The largest absolute Gasteiger partial charge is 0.494 e. The fourth-order valence-corrected chi connectivity index (χ4v) is 2.32. The first-order valence-electron chi connectivity index (χ1n) is 8.05. The molecule has 136 valence electrons. The molecular weight excluding hydrogens is 337 g/mol. The Labute approximate surface area is 151 Å². The molecule has 2 rings (SSSR count). The van der Waals surface area contributed by atoms with Gasteiger partial charge in [-0.3, -0.25) is 0 Å². The van der Waals surface area contributed by atoms with Crippen molar-refractivity contribution in [2.75, 3.05) is 25.6 Å². The molecule has 0 aliphatic heterocycles. The molecule has 1 heterocycles. The Hall–Kier alpha value is -3.14. The number of aryl methyl sites for hydroxylation is 2. The van der Waals surface area contributed by atoms with Crippen LogP contribution < -0.4 is 10.1 Å². The van der Waals surface area contributed by atoms with E-state index in [0.717, 1.165) is 0 Å². The Balaban J connectivity index is 2.09. The number of aromatic nitrogens is 2. The number of halogens is 1. The first-order chi connectivity index (χ1) is 12.5. The van der Waals surface area contributed by atoms with Crippen LogP contribution >= 0.6 is 0 Å². The predicted molar refractivity (Wildman–Crippen MR) is 95.8 cm³/mol. The summed E-state index contributed by atoms with van der Waals surface area (Å²) in [6.07, 6.45) is 0. The molecule has 0 atom stereocenters. The van der Waals surface area contributed by atoms with Crippen molar-refractivity contribution in [2.45, 2.75) is 20.8 Å². The number of hydrogen-bond acceptors (Lipinski definition) is 6. The lowest BCUT2D eigenvalue weighted by atomic mass is 10.2. The molecule has 1 aromatic heterocycles. The third-order valence-corrected chi connectivity index (χ3v) is 3.49. The molecule has 0 aliphatic rings. The molecule has 0 radical (unpaired) electrons. The molecule has 0 saturated heterocycles. The Morgan fingerprint density at radius 3 is 2.58 bits per heavy atom. The Bertz CT molecular complexity index is 849. The van der Waals surface area contributed by atoms with Crippen molar-refractivity contribution in [3.8, 4) is 17.6 Å². The topological polar surface area (TPSA) is 73.3 Å². The van der Waals surface area contributed by atoms with Gasteiger partial charge in [0.1, 0.15) is 5.56 Å². The van der Waals surface area contributed by atoms with Crippen LogP contribution in [0, 0.1) is 31.5 Å². The number of carbonyl (C=O) groups is 1. The van der Waals surface area contributed by atoms with Crippen molar-refractivity contribution < 1.29 is 18.7 Å². The van der Waals surface area contributed by atoms with Crippen LogP contribution in [0.2, 0.25) is 0 Å². The smallest absolute Gasteiger partial charge is 0.341 e. The molecule has 26 heavy (non-hydrogen) atoms. The van der Waals surface area contributed by atoms with Crippen molar-refractivity contribution in [1.29, 1.82) is 0 Å². The minimum Gasteiger partial charge on any atom is -0.494 e. The van der Waals surface area contributed by atoms with E-state index >= 15 is 0 Å². The summed E-state index contributed by atoms with van der Waals surface area (Å²) in [6, 6.07) is 4.77. The van der Waals surface area contributed by atoms with Gasteiger partial charge in [0.05, 0.1) is 37.2 Å². The van der Waals surface area contributed by atoms with Gasteiger partial charge in [-0.25, -0.2) is 19.2 Å². The number of methoxy groups -OCH3 is 1. The van der Waals surface area contributed by atoms with Crippen molar-refractivity contribution in [3.63, 3.8) is 0 Å². The number of carbonyl (C=O) groups excluding carboxylic acids is 1. The molecule has 2 aromatic rings. The van der Waals surface area contributed by atoms with Crippen LogP contribution in [0.3, 0.4) is 0 Å². The first kappa shape index (κ1) is 19.2. The highest BCUT2D eigenvalue weighted by atomic mass is 19.1. The third-order valence-electron chi connectivity index (χ3n) is 3.49. The highest BCUT2D eigenvalue weighted by Gasteiger charge is 2.16. The normalized spacial score (nSPS) is 9.88. The van der Waals surface area contributed by atoms with Gasteiger partial charge in [-0.05, 0) is 32.9 Å². The zero-order valence-corrected chi connectivity index (χ0v) is 15.1. The first-order valence-corrected chi connectivity index (χ1v) is 8.05. The lowest BCUT2D eigenvalue weighted by Crippen LogP contribution is -2.14. The monoisotopic (exact) mass is 357 g/mol. The van der Waals surface area contributed by atoms with Crippen LogP contribution in [0.15, 0.2) is 18.2 Å². The number of ether oxygens (including phenoxy) is 2. The van der Waals surface area contributed by atoms with E-state index in [4.69, 9.17) is 9.47 Å². The van der Waals surface area contributed by atoms with Crippen LogP contribution in [-0.4, -0.2) is 36.2 Å². The van der Waals surface area contributed by atoms with Crippen molar-refractivity contribution in [3.05, 3.63) is 46.5 Å². The quantitative estimate of drug-likeness (QED) is 0.655. The Morgan fingerprint density at radius 1 is 1.27 bits per heavy atom. The second kappa shape index (κ2) is 8.81. The van der Waals surface area contributed by atoms with Crippen LogP contribution in [-0.2, 0) is 4.74 Å². The van der Waals surface area contributed by atoms with Crippen LogP contribution in [0.5, 0.6) is 5.75 Å². The van der Waals surface area contributed by atoms with Gasteiger partial charge in [0.15, 0.2) is 11.6 Å². The van der Waals surface area contributed by atoms with E-state index in [-0.39, 0.29) is 24.5 Å². The van der Waals surface area contributed by atoms with E-state index in [1.54, 1.807) is 32.9 Å². The molecular formula is C19H20FN3O3. The SMILES string of the molecule is CCOC(=O)c1c(C)nc(NCC#Cc2cccc(OC)c2F)nc1C. The number of anilines is 1. The van der Waals surface area contributed by atoms with Gasteiger partial charge in [0, 0.05) is 0 Å². The van der Waals surface area contributed by atoms with Crippen molar-refractivity contribution in [2.24, 2.45) is 0 Å². The standard InChI is InChI=1S/C19H20FN3O3/c1-5-26-18(24)16-12(2)22-19(23-13(16)3)21-11-7-9-14-8-6-10-15(25-4)17(14)20/h6,8,10H,5,11H2,1-4H3,(H,21,22,23). The number of nitrogens with zero attached hydrogens (tertiary/aromatic N) is 2. The average molecular weight is 357 g/mol. The third kappa shape index (κ3) is 4.48. The summed E-state index contributed by atoms with van der Waals surface area (Å²) in [5.74, 6) is 5.10. The Kier molecular flexibility index (Phi) is 6.50. The van der Waals surface area contributed by atoms with Gasteiger partial charge in [-0.2, -0.15) is 0 Å². The molecule has 0 aliphatic carbocycles. The fraction of sp³-hybridized carbons (Fsp3) is 0.316. The maximum atomic E-state index is 14.0. The second-order valence-corrected chi connectivity index (χ2v) is 5.29. The van der Waals surface area contributed by atoms with Crippen LogP contribution in [0.4, 0.5) is 10.3 Å². The molecule has 0 fully saturated rings. The van der Waals surface area contributed by atoms with E-state index in [1.807, 2.05) is 0 Å².